The van der Waals surface area contributed by atoms with Crippen LogP contribution in [0.5, 0.6) is 0 Å². The maximum absolute atomic E-state index is 12.2. The molecule has 2 aromatic carbocycles. The van der Waals surface area contributed by atoms with Gasteiger partial charge in [-0.2, -0.15) is 0 Å². The van der Waals surface area contributed by atoms with Crippen molar-refractivity contribution in [2.45, 2.75) is 20.4 Å². The summed E-state index contributed by atoms with van der Waals surface area (Å²) in [6.45, 7) is 4.70. The molecular formula is C20H20N2O. The van der Waals surface area contributed by atoms with Crippen molar-refractivity contribution in [3.05, 3.63) is 89.2 Å². The average molecular weight is 304 g/mol. The van der Waals surface area contributed by atoms with Gasteiger partial charge in [-0.1, -0.05) is 36.4 Å². The second-order valence-corrected chi connectivity index (χ2v) is 5.62. The van der Waals surface area contributed by atoms with Crippen LogP contribution in [0.15, 0.2) is 66.7 Å². The molecule has 1 N–H and O–H groups in total. The summed E-state index contributed by atoms with van der Waals surface area (Å²) < 4.78 is 2.21. The van der Waals surface area contributed by atoms with Crippen LogP contribution >= 0.6 is 0 Å². The summed E-state index contributed by atoms with van der Waals surface area (Å²) in [7, 11) is 0. The number of para-hydroxylation sites is 1. The lowest BCUT2D eigenvalue weighted by atomic mass is 10.2. The van der Waals surface area contributed by atoms with Gasteiger partial charge in [-0.15, -0.1) is 0 Å². The van der Waals surface area contributed by atoms with Crippen molar-refractivity contribution in [1.82, 2.24) is 9.88 Å². The van der Waals surface area contributed by atoms with Gasteiger partial charge in [0.25, 0.3) is 5.91 Å². The first-order valence-electron chi connectivity index (χ1n) is 7.73. The molecule has 0 saturated carbocycles. The molecule has 3 aromatic rings. The molecule has 0 aliphatic rings. The Morgan fingerprint density at radius 1 is 0.957 bits per heavy atom. The van der Waals surface area contributed by atoms with Crippen molar-refractivity contribution in [2.24, 2.45) is 0 Å². The van der Waals surface area contributed by atoms with E-state index in [4.69, 9.17) is 0 Å². The fraction of sp³-hybridized carbons (Fsp3) is 0.150. The van der Waals surface area contributed by atoms with Crippen molar-refractivity contribution >= 4 is 5.91 Å². The van der Waals surface area contributed by atoms with Crippen LogP contribution in [0.2, 0.25) is 0 Å². The third-order valence-corrected chi connectivity index (χ3v) is 4.03. The molecule has 1 amide bonds. The minimum atomic E-state index is -0.0462. The zero-order valence-electron chi connectivity index (χ0n) is 13.4. The summed E-state index contributed by atoms with van der Waals surface area (Å²) >= 11 is 0. The molecule has 116 valence electrons. The molecule has 0 unspecified atom stereocenters. The second-order valence-electron chi connectivity index (χ2n) is 5.62. The van der Waals surface area contributed by atoms with Gasteiger partial charge in [0.15, 0.2) is 0 Å². The first-order chi connectivity index (χ1) is 11.2. The molecule has 3 heteroatoms. The predicted molar refractivity (Wildman–Crippen MR) is 92.9 cm³/mol. The quantitative estimate of drug-likeness (QED) is 0.776. The zero-order chi connectivity index (χ0) is 16.2. The highest BCUT2D eigenvalue weighted by Crippen LogP contribution is 2.20. The lowest BCUT2D eigenvalue weighted by Gasteiger charge is -2.10. The first kappa shape index (κ1) is 15.1. The van der Waals surface area contributed by atoms with E-state index in [2.05, 4.69) is 41.9 Å². The fourth-order valence-electron chi connectivity index (χ4n) is 2.85. The molecule has 0 aliphatic heterocycles. The van der Waals surface area contributed by atoms with E-state index >= 15 is 0 Å². The monoisotopic (exact) mass is 304 g/mol. The fourth-order valence-corrected chi connectivity index (χ4v) is 2.85. The Morgan fingerprint density at radius 3 is 2.22 bits per heavy atom. The Kier molecular flexibility index (Phi) is 4.29. The number of nitrogens with zero attached hydrogens (tertiary/aromatic N) is 1. The largest absolute Gasteiger partial charge is 0.348 e. The molecule has 0 fully saturated rings. The van der Waals surface area contributed by atoms with Crippen molar-refractivity contribution in [3.8, 4) is 5.69 Å². The van der Waals surface area contributed by atoms with E-state index in [0.29, 0.717) is 12.1 Å². The number of aromatic nitrogens is 1. The number of benzene rings is 2. The van der Waals surface area contributed by atoms with Crippen LogP contribution in [0.3, 0.4) is 0 Å². The van der Waals surface area contributed by atoms with Gasteiger partial charge < -0.3 is 9.88 Å². The molecule has 0 aliphatic carbocycles. The van der Waals surface area contributed by atoms with E-state index in [0.717, 1.165) is 22.6 Å². The molecule has 1 aromatic heterocycles. The van der Waals surface area contributed by atoms with Crippen molar-refractivity contribution in [1.29, 1.82) is 0 Å². The van der Waals surface area contributed by atoms with E-state index in [1.54, 1.807) is 0 Å². The van der Waals surface area contributed by atoms with Crippen LogP contribution in [0.4, 0.5) is 0 Å². The topological polar surface area (TPSA) is 34.0 Å². The zero-order valence-corrected chi connectivity index (χ0v) is 13.4. The Bertz CT molecular complexity index is 804. The number of hydrogen-bond acceptors (Lipinski definition) is 1. The van der Waals surface area contributed by atoms with Crippen molar-refractivity contribution in [3.63, 3.8) is 0 Å². The van der Waals surface area contributed by atoms with Gasteiger partial charge in [-0.3, -0.25) is 4.79 Å². The highest BCUT2D eigenvalue weighted by molar-refractivity contribution is 5.94. The lowest BCUT2D eigenvalue weighted by molar-refractivity contribution is 0.0951. The summed E-state index contributed by atoms with van der Waals surface area (Å²) in [5.74, 6) is -0.0462. The second kappa shape index (κ2) is 6.53. The Hall–Kier alpha value is -2.81. The molecular weight excluding hydrogens is 284 g/mol. The number of carbonyl (C=O) groups is 1. The predicted octanol–water partition coefficient (Wildman–Crippen LogP) is 4.02. The van der Waals surface area contributed by atoms with Crippen LogP contribution in [0, 0.1) is 13.8 Å². The van der Waals surface area contributed by atoms with Crippen LogP contribution in [-0.4, -0.2) is 10.5 Å². The molecule has 23 heavy (non-hydrogen) atoms. The average Bonchev–Trinajstić information content (AvgIpc) is 2.88. The van der Waals surface area contributed by atoms with Gasteiger partial charge in [0, 0.05) is 29.2 Å². The minimum Gasteiger partial charge on any atom is -0.348 e. The normalized spacial score (nSPS) is 10.5. The highest BCUT2D eigenvalue weighted by Gasteiger charge is 2.12. The first-order valence-corrected chi connectivity index (χ1v) is 7.73. The number of amides is 1. The lowest BCUT2D eigenvalue weighted by Crippen LogP contribution is -2.22. The highest BCUT2D eigenvalue weighted by atomic mass is 16.1. The molecule has 0 atom stereocenters. The number of nitrogens with one attached hydrogen (secondary N) is 1. The molecule has 0 spiro atoms. The van der Waals surface area contributed by atoms with E-state index in [9.17, 15) is 4.79 Å². The molecule has 0 radical (unpaired) electrons. The van der Waals surface area contributed by atoms with Gasteiger partial charge in [-0.05, 0) is 49.7 Å². The van der Waals surface area contributed by atoms with Crippen LogP contribution in [0.25, 0.3) is 5.69 Å². The molecule has 0 bridgehead atoms. The maximum Gasteiger partial charge on any atom is 0.251 e. The Balaban J connectivity index is 1.79. The Morgan fingerprint density at radius 2 is 1.57 bits per heavy atom. The third-order valence-electron chi connectivity index (χ3n) is 4.03. The number of carbonyl (C=O) groups excluding carboxylic acids is 1. The molecule has 0 saturated heterocycles. The summed E-state index contributed by atoms with van der Waals surface area (Å²) in [5, 5.41) is 3.00. The molecule has 3 rings (SSSR count). The third kappa shape index (κ3) is 3.19. The summed E-state index contributed by atoms with van der Waals surface area (Å²) in [4.78, 5) is 12.2. The van der Waals surface area contributed by atoms with Gasteiger partial charge in [-0.25, -0.2) is 0 Å². The van der Waals surface area contributed by atoms with E-state index in [-0.39, 0.29) is 5.91 Å². The van der Waals surface area contributed by atoms with Crippen LogP contribution in [0.1, 0.15) is 27.3 Å². The number of hydrogen-bond donors (Lipinski definition) is 1. The van der Waals surface area contributed by atoms with Crippen molar-refractivity contribution in [2.75, 3.05) is 0 Å². The molecule has 1 heterocycles. The smallest absolute Gasteiger partial charge is 0.251 e. The van der Waals surface area contributed by atoms with E-state index in [1.807, 2.05) is 48.5 Å². The van der Waals surface area contributed by atoms with Crippen molar-refractivity contribution < 1.29 is 4.79 Å². The standard InChI is InChI=1S/C20H20N2O/c1-15-13-18(14-21-20(23)17-9-5-3-6-10-17)16(2)22(15)19-11-7-4-8-12-19/h3-13H,14H2,1-2H3,(H,21,23). The minimum absolute atomic E-state index is 0.0462. The van der Waals surface area contributed by atoms with Gasteiger partial charge in [0.05, 0.1) is 0 Å². The SMILES string of the molecule is Cc1cc(CNC(=O)c2ccccc2)c(C)n1-c1ccccc1. The summed E-state index contributed by atoms with van der Waals surface area (Å²) in [6, 6.07) is 21.7. The maximum atomic E-state index is 12.2. The summed E-state index contributed by atoms with van der Waals surface area (Å²) in [6.07, 6.45) is 0. The van der Waals surface area contributed by atoms with Gasteiger partial charge in [0.2, 0.25) is 0 Å². The summed E-state index contributed by atoms with van der Waals surface area (Å²) in [5.41, 5.74) is 5.28. The number of rotatable bonds is 4. The van der Waals surface area contributed by atoms with Crippen LogP contribution in [-0.2, 0) is 6.54 Å². The van der Waals surface area contributed by atoms with Gasteiger partial charge >= 0.3 is 0 Å². The number of aryl methyl sites for hydroxylation is 1. The Labute approximate surface area is 136 Å². The van der Waals surface area contributed by atoms with Crippen LogP contribution < -0.4 is 5.32 Å². The van der Waals surface area contributed by atoms with E-state index in [1.165, 1.54) is 0 Å². The molecule has 3 nitrogen and oxygen atoms in total. The van der Waals surface area contributed by atoms with Gasteiger partial charge in [0.1, 0.15) is 0 Å². The van der Waals surface area contributed by atoms with E-state index < -0.39 is 0 Å².